The Balaban J connectivity index is 2.22. The zero-order valence-corrected chi connectivity index (χ0v) is 14.0. The Morgan fingerprint density at radius 2 is 2.14 bits per heavy atom. The molecule has 1 aliphatic rings. The quantitative estimate of drug-likeness (QED) is 0.783. The SMILES string of the molecule is CCCCC(CC)CC1(N)CCCc2ccc(OC)cc21. The first kappa shape index (κ1) is 16.4. The fourth-order valence-corrected chi connectivity index (χ4v) is 3.76. The number of benzene rings is 1. The van der Waals surface area contributed by atoms with E-state index in [1.165, 1.54) is 43.2 Å². The Hall–Kier alpha value is -1.02. The van der Waals surface area contributed by atoms with Crippen LogP contribution in [0.25, 0.3) is 0 Å². The van der Waals surface area contributed by atoms with E-state index in [1.807, 2.05) is 0 Å². The van der Waals surface area contributed by atoms with E-state index in [2.05, 4.69) is 32.0 Å². The summed E-state index contributed by atoms with van der Waals surface area (Å²) in [7, 11) is 1.73. The van der Waals surface area contributed by atoms with Crippen molar-refractivity contribution in [1.82, 2.24) is 0 Å². The molecule has 2 nitrogen and oxygen atoms in total. The molecule has 1 aromatic rings. The van der Waals surface area contributed by atoms with Gasteiger partial charge in [0.15, 0.2) is 0 Å². The van der Waals surface area contributed by atoms with Crippen molar-refractivity contribution in [3.8, 4) is 5.75 Å². The van der Waals surface area contributed by atoms with E-state index in [0.717, 1.165) is 30.9 Å². The van der Waals surface area contributed by atoms with Crippen molar-refractivity contribution in [3.05, 3.63) is 29.3 Å². The molecule has 0 aliphatic heterocycles. The van der Waals surface area contributed by atoms with Gasteiger partial charge in [-0.05, 0) is 54.9 Å². The predicted octanol–water partition coefficient (Wildman–Crippen LogP) is 4.79. The largest absolute Gasteiger partial charge is 0.497 e. The van der Waals surface area contributed by atoms with Gasteiger partial charge in [0.1, 0.15) is 5.75 Å². The summed E-state index contributed by atoms with van der Waals surface area (Å²) in [5, 5.41) is 0. The molecule has 0 bridgehead atoms. The third-order valence-electron chi connectivity index (χ3n) is 5.12. The van der Waals surface area contributed by atoms with Crippen LogP contribution in [0.3, 0.4) is 0 Å². The lowest BCUT2D eigenvalue weighted by Crippen LogP contribution is -2.41. The van der Waals surface area contributed by atoms with Gasteiger partial charge in [0.2, 0.25) is 0 Å². The highest BCUT2D eigenvalue weighted by molar-refractivity contribution is 5.41. The second kappa shape index (κ2) is 7.31. The molecular weight excluding hydrogens is 258 g/mol. The van der Waals surface area contributed by atoms with Crippen LogP contribution in [0.2, 0.25) is 0 Å². The Morgan fingerprint density at radius 1 is 1.33 bits per heavy atom. The number of nitrogens with two attached hydrogens (primary N) is 1. The summed E-state index contributed by atoms with van der Waals surface area (Å²) in [6, 6.07) is 6.46. The molecule has 0 fully saturated rings. The lowest BCUT2D eigenvalue weighted by atomic mass is 9.71. The highest BCUT2D eigenvalue weighted by Gasteiger charge is 2.34. The number of ether oxygens (including phenoxy) is 1. The first-order valence-corrected chi connectivity index (χ1v) is 8.59. The number of hydrogen-bond donors (Lipinski definition) is 1. The van der Waals surface area contributed by atoms with E-state index in [4.69, 9.17) is 10.5 Å². The lowest BCUT2D eigenvalue weighted by Gasteiger charge is -2.38. The Labute approximate surface area is 130 Å². The van der Waals surface area contributed by atoms with E-state index >= 15 is 0 Å². The molecular formula is C19H31NO. The molecule has 0 saturated heterocycles. The van der Waals surface area contributed by atoms with Crippen LogP contribution in [0.1, 0.15) is 69.9 Å². The van der Waals surface area contributed by atoms with Crippen molar-refractivity contribution in [2.75, 3.05) is 7.11 Å². The molecule has 0 heterocycles. The van der Waals surface area contributed by atoms with Crippen molar-refractivity contribution < 1.29 is 4.74 Å². The van der Waals surface area contributed by atoms with Crippen LogP contribution in [-0.2, 0) is 12.0 Å². The van der Waals surface area contributed by atoms with Gasteiger partial charge in [-0.3, -0.25) is 0 Å². The minimum absolute atomic E-state index is 0.156. The summed E-state index contributed by atoms with van der Waals surface area (Å²) in [6.45, 7) is 4.57. The van der Waals surface area contributed by atoms with Crippen LogP contribution in [0.15, 0.2) is 18.2 Å². The first-order valence-electron chi connectivity index (χ1n) is 8.59. The van der Waals surface area contributed by atoms with Gasteiger partial charge in [0.05, 0.1) is 7.11 Å². The number of methoxy groups -OCH3 is 1. The molecule has 2 atom stereocenters. The van der Waals surface area contributed by atoms with Crippen LogP contribution in [0, 0.1) is 5.92 Å². The smallest absolute Gasteiger partial charge is 0.119 e. The molecule has 118 valence electrons. The van der Waals surface area contributed by atoms with Crippen LogP contribution in [-0.4, -0.2) is 7.11 Å². The third kappa shape index (κ3) is 3.79. The molecule has 2 heteroatoms. The highest BCUT2D eigenvalue weighted by atomic mass is 16.5. The van der Waals surface area contributed by atoms with Gasteiger partial charge in [-0.1, -0.05) is 45.6 Å². The fraction of sp³-hybridized carbons (Fsp3) is 0.684. The molecule has 2 rings (SSSR count). The summed E-state index contributed by atoms with van der Waals surface area (Å²) in [4.78, 5) is 0. The summed E-state index contributed by atoms with van der Waals surface area (Å²) in [5.74, 6) is 1.68. The standard InChI is InChI=1S/C19H31NO/c1-4-6-8-15(5-2)14-19(20)12-7-9-16-10-11-17(21-3)13-18(16)19/h10-11,13,15H,4-9,12,14,20H2,1-3H3. The fourth-order valence-electron chi connectivity index (χ4n) is 3.76. The Bertz CT molecular complexity index is 457. The third-order valence-corrected chi connectivity index (χ3v) is 5.12. The summed E-state index contributed by atoms with van der Waals surface area (Å²) < 4.78 is 5.41. The normalized spacial score (nSPS) is 22.7. The summed E-state index contributed by atoms with van der Waals surface area (Å²) in [6.07, 6.45) is 9.73. The van der Waals surface area contributed by atoms with Crippen LogP contribution >= 0.6 is 0 Å². The molecule has 0 spiro atoms. The van der Waals surface area contributed by atoms with Gasteiger partial charge >= 0.3 is 0 Å². The Kier molecular flexibility index (Phi) is 5.69. The van der Waals surface area contributed by atoms with E-state index < -0.39 is 0 Å². The van der Waals surface area contributed by atoms with E-state index in [0.29, 0.717) is 0 Å². The van der Waals surface area contributed by atoms with E-state index in [1.54, 1.807) is 7.11 Å². The summed E-state index contributed by atoms with van der Waals surface area (Å²) in [5.41, 5.74) is 9.49. The molecule has 0 radical (unpaired) electrons. The van der Waals surface area contributed by atoms with Gasteiger partial charge in [-0.25, -0.2) is 0 Å². The summed E-state index contributed by atoms with van der Waals surface area (Å²) >= 11 is 0. The molecule has 2 unspecified atom stereocenters. The highest BCUT2D eigenvalue weighted by Crippen LogP contribution is 2.40. The van der Waals surface area contributed by atoms with E-state index in [-0.39, 0.29) is 5.54 Å². The molecule has 21 heavy (non-hydrogen) atoms. The first-order chi connectivity index (χ1) is 10.1. The minimum Gasteiger partial charge on any atom is -0.497 e. The lowest BCUT2D eigenvalue weighted by molar-refractivity contribution is 0.264. The molecule has 0 saturated carbocycles. The van der Waals surface area contributed by atoms with Crippen LogP contribution in [0.5, 0.6) is 5.75 Å². The second-order valence-electron chi connectivity index (χ2n) is 6.65. The van der Waals surface area contributed by atoms with Crippen LogP contribution in [0.4, 0.5) is 0 Å². The Morgan fingerprint density at radius 3 is 2.81 bits per heavy atom. The van der Waals surface area contributed by atoms with Gasteiger partial charge in [0.25, 0.3) is 0 Å². The predicted molar refractivity (Wildman–Crippen MR) is 89.7 cm³/mol. The molecule has 1 aromatic carbocycles. The van der Waals surface area contributed by atoms with Crippen molar-refractivity contribution >= 4 is 0 Å². The van der Waals surface area contributed by atoms with Gasteiger partial charge in [0, 0.05) is 5.54 Å². The van der Waals surface area contributed by atoms with Gasteiger partial charge in [-0.15, -0.1) is 0 Å². The van der Waals surface area contributed by atoms with Gasteiger partial charge in [-0.2, -0.15) is 0 Å². The zero-order valence-electron chi connectivity index (χ0n) is 14.0. The maximum absolute atomic E-state index is 6.89. The number of rotatable bonds is 7. The van der Waals surface area contributed by atoms with Crippen LogP contribution < -0.4 is 10.5 Å². The van der Waals surface area contributed by atoms with Crippen molar-refractivity contribution in [2.24, 2.45) is 11.7 Å². The molecule has 1 aliphatic carbocycles. The maximum atomic E-state index is 6.89. The number of unbranched alkanes of at least 4 members (excludes halogenated alkanes) is 1. The van der Waals surface area contributed by atoms with Crippen molar-refractivity contribution in [3.63, 3.8) is 0 Å². The molecule has 2 N–H and O–H groups in total. The average molecular weight is 289 g/mol. The number of aryl methyl sites for hydroxylation is 1. The number of fused-ring (bicyclic) bond motifs is 1. The topological polar surface area (TPSA) is 35.2 Å². The number of hydrogen-bond acceptors (Lipinski definition) is 2. The monoisotopic (exact) mass is 289 g/mol. The maximum Gasteiger partial charge on any atom is 0.119 e. The van der Waals surface area contributed by atoms with Crippen molar-refractivity contribution in [2.45, 2.75) is 70.8 Å². The second-order valence-corrected chi connectivity index (χ2v) is 6.65. The zero-order chi connectivity index (χ0) is 15.3. The van der Waals surface area contributed by atoms with E-state index in [9.17, 15) is 0 Å². The minimum atomic E-state index is -0.156. The average Bonchev–Trinajstić information content (AvgIpc) is 2.51. The molecule has 0 aromatic heterocycles. The molecule has 0 amide bonds. The van der Waals surface area contributed by atoms with Crippen molar-refractivity contribution in [1.29, 1.82) is 0 Å². The van der Waals surface area contributed by atoms with Gasteiger partial charge < -0.3 is 10.5 Å².